The third-order valence-corrected chi connectivity index (χ3v) is 7.40. The van der Waals surface area contributed by atoms with Crippen LogP contribution in [0.15, 0.2) is 66.7 Å². The van der Waals surface area contributed by atoms with E-state index in [4.69, 9.17) is 0 Å². The Hall–Kier alpha value is -4.52. The minimum absolute atomic E-state index is 0.0763. The van der Waals surface area contributed by atoms with Gasteiger partial charge in [0, 0.05) is 53.0 Å². The van der Waals surface area contributed by atoms with Crippen LogP contribution in [-0.4, -0.2) is 35.7 Å². The molecule has 4 aromatic carbocycles. The summed E-state index contributed by atoms with van der Waals surface area (Å²) in [4.78, 5) is 0. The Morgan fingerprint density at radius 3 is 1.54 bits per heavy atom. The molecule has 0 spiro atoms. The van der Waals surface area contributed by atoms with Gasteiger partial charge in [0.05, 0.1) is 0 Å². The summed E-state index contributed by atoms with van der Waals surface area (Å²) in [6.07, 6.45) is 0. The lowest BCUT2D eigenvalue weighted by atomic mass is 9.62. The number of aromatic hydroxyl groups is 7. The van der Waals surface area contributed by atoms with Crippen molar-refractivity contribution in [3.05, 3.63) is 100 Å². The highest BCUT2D eigenvalue weighted by Crippen LogP contribution is 2.69. The molecule has 4 aromatic rings. The zero-order valence-corrected chi connectivity index (χ0v) is 18.3. The Balaban J connectivity index is 1.74. The van der Waals surface area contributed by atoms with Crippen LogP contribution < -0.4 is 0 Å². The quantitative estimate of drug-likeness (QED) is 0.223. The Kier molecular flexibility index (Phi) is 4.35. The summed E-state index contributed by atoms with van der Waals surface area (Å²) < 4.78 is 0. The van der Waals surface area contributed by atoms with E-state index in [2.05, 4.69) is 0 Å². The summed E-state index contributed by atoms with van der Waals surface area (Å²) in [5, 5.41) is 73.5. The molecule has 2 aliphatic rings. The fraction of sp³-hybridized carbons (Fsp3) is 0.143. The predicted molar refractivity (Wildman–Crippen MR) is 127 cm³/mol. The van der Waals surface area contributed by atoms with E-state index in [9.17, 15) is 35.7 Å². The van der Waals surface area contributed by atoms with Crippen LogP contribution in [0.3, 0.4) is 0 Å². The van der Waals surface area contributed by atoms with Crippen molar-refractivity contribution in [1.29, 1.82) is 0 Å². The summed E-state index contributed by atoms with van der Waals surface area (Å²) in [7, 11) is 0. The van der Waals surface area contributed by atoms with Gasteiger partial charge in [0.2, 0.25) is 0 Å². The highest BCUT2D eigenvalue weighted by molar-refractivity contribution is 5.69. The maximum absolute atomic E-state index is 11.0. The van der Waals surface area contributed by atoms with Gasteiger partial charge in [-0.1, -0.05) is 18.2 Å². The molecule has 7 N–H and O–H groups in total. The number of hydrogen-bond acceptors (Lipinski definition) is 7. The average molecular weight is 470 g/mol. The van der Waals surface area contributed by atoms with Crippen LogP contribution in [-0.2, 0) is 0 Å². The van der Waals surface area contributed by atoms with Gasteiger partial charge in [-0.2, -0.15) is 0 Å². The Labute approximate surface area is 200 Å². The van der Waals surface area contributed by atoms with E-state index in [1.807, 2.05) is 0 Å². The van der Waals surface area contributed by atoms with Crippen LogP contribution in [0, 0.1) is 0 Å². The molecule has 0 unspecified atom stereocenters. The molecule has 0 radical (unpaired) electrons. The van der Waals surface area contributed by atoms with Crippen molar-refractivity contribution in [2.75, 3.05) is 0 Å². The van der Waals surface area contributed by atoms with Crippen LogP contribution in [0.1, 0.15) is 57.1 Å². The van der Waals surface area contributed by atoms with Crippen molar-refractivity contribution >= 4 is 0 Å². The molecule has 176 valence electrons. The molecule has 7 heteroatoms. The molecule has 0 saturated carbocycles. The first-order valence-electron chi connectivity index (χ1n) is 11.2. The highest BCUT2D eigenvalue weighted by Gasteiger charge is 2.54. The minimum Gasteiger partial charge on any atom is -0.508 e. The van der Waals surface area contributed by atoms with Gasteiger partial charge < -0.3 is 35.7 Å². The molecule has 4 atom stereocenters. The molecule has 0 fully saturated rings. The van der Waals surface area contributed by atoms with E-state index in [0.29, 0.717) is 27.8 Å². The van der Waals surface area contributed by atoms with E-state index in [0.717, 1.165) is 5.56 Å². The second-order valence-corrected chi connectivity index (χ2v) is 9.28. The van der Waals surface area contributed by atoms with Crippen LogP contribution >= 0.6 is 0 Å². The molecule has 0 saturated heterocycles. The van der Waals surface area contributed by atoms with Gasteiger partial charge in [0.15, 0.2) is 0 Å². The molecule has 2 aliphatic carbocycles. The zero-order valence-electron chi connectivity index (χ0n) is 18.3. The van der Waals surface area contributed by atoms with Gasteiger partial charge in [0.1, 0.15) is 40.2 Å². The van der Waals surface area contributed by atoms with E-state index in [-0.39, 0.29) is 40.2 Å². The lowest BCUT2D eigenvalue weighted by molar-refractivity contribution is 0.393. The summed E-state index contributed by atoms with van der Waals surface area (Å²) in [5.41, 5.74) is 3.61. The number of rotatable bonds is 2. The standard InChI is InChI=1S/C28H22O7/c29-13-3-1-12(2-4-13)23-24-18(7-15(31)10-21(24)34)28-25-19(8-16(32)11-22(25)35)27(23)26(28)17-6-5-14(30)9-20(17)33/h1-11,23,26-35H/t23-,26-,27-,28-/m1/s1. The molecule has 6 rings (SSSR count). The molecule has 0 aliphatic heterocycles. The van der Waals surface area contributed by atoms with E-state index in [1.165, 1.54) is 24.3 Å². The van der Waals surface area contributed by atoms with Gasteiger partial charge in [-0.05, 0) is 52.6 Å². The topological polar surface area (TPSA) is 142 Å². The first kappa shape index (κ1) is 21.0. The Bertz CT molecular complexity index is 1490. The molecule has 7 nitrogen and oxygen atoms in total. The maximum Gasteiger partial charge on any atom is 0.123 e. The smallest absolute Gasteiger partial charge is 0.123 e. The molecule has 2 bridgehead atoms. The summed E-state index contributed by atoms with van der Waals surface area (Å²) in [5.74, 6) is -2.65. The van der Waals surface area contributed by atoms with E-state index >= 15 is 0 Å². The minimum atomic E-state index is -0.563. The zero-order chi connectivity index (χ0) is 24.6. The lowest BCUT2D eigenvalue weighted by Gasteiger charge is -2.40. The first-order valence-corrected chi connectivity index (χ1v) is 11.2. The largest absolute Gasteiger partial charge is 0.508 e. The van der Waals surface area contributed by atoms with Gasteiger partial charge in [0.25, 0.3) is 0 Å². The van der Waals surface area contributed by atoms with Crippen molar-refractivity contribution < 1.29 is 35.7 Å². The van der Waals surface area contributed by atoms with Crippen molar-refractivity contribution in [1.82, 2.24) is 0 Å². The van der Waals surface area contributed by atoms with Crippen LogP contribution in [0.2, 0.25) is 0 Å². The number of fused-ring (bicyclic) bond motifs is 7. The Morgan fingerprint density at radius 1 is 0.400 bits per heavy atom. The maximum atomic E-state index is 11.0. The van der Waals surface area contributed by atoms with Crippen molar-refractivity contribution in [3.8, 4) is 40.2 Å². The number of hydrogen-bond donors (Lipinski definition) is 7. The van der Waals surface area contributed by atoms with Gasteiger partial charge >= 0.3 is 0 Å². The van der Waals surface area contributed by atoms with E-state index < -0.39 is 23.7 Å². The molecular weight excluding hydrogens is 448 g/mol. The second kappa shape index (κ2) is 7.24. The van der Waals surface area contributed by atoms with E-state index in [1.54, 1.807) is 42.5 Å². The van der Waals surface area contributed by atoms with Crippen molar-refractivity contribution in [2.24, 2.45) is 0 Å². The molecule has 0 heterocycles. The van der Waals surface area contributed by atoms with Crippen molar-refractivity contribution in [3.63, 3.8) is 0 Å². The van der Waals surface area contributed by atoms with Crippen LogP contribution in [0.5, 0.6) is 40.2 Å². The fourth-order valence-corrected chi connectivity index (χ4v) is 6.24. The molecular formula is C28H22O7. The molecule has 0 amide bonds. The van der Waals surface area contributed by atoms with Gasteiger partial charge in [-0.3, -0.25) is 0 Å². The SMILES string of the molecule is Oc1ccc([C@@H]2c3c(O)cc(O)cc3[C@@H]3c4c(O)cc(O)cc4[C@H]2[C@H]3c2ccc(O)cc2O)cc1. The molecule has 0 aromatic heterocycles. The first-order chi connectivity index (χ1) is 16.7. The average Bonchev–Trinajstić information content (AvgIpc) is 3.04. The predicted octanol–water partition coefficient (Wildman–Crippen LogP) is 4.78. The third kappa shape index (κ3) is 2.98. The summed E-state index contributed by atoms with van der Waals surface area (Å²) >= 11 is 0. The third-order valence-electron chi connectivity index (χ3n) is 7.40. The summed E-state index contributed by atoms with van der Waals surface area (Å²) in [6.45, 7) is 0. The van der Waals surface area contributed by atoms with Crippen LogP contribution in [0.4, 0.5) is 0 Å². The second-order valence-electron chi connectivity index (χ2n) is 9.28. The normalized spacial score (nSPS) is 21.9. The fourth-order valence-electron chi connectivity index (χ4n) is 6.24. The number of benzene rings is 4. The Morgan fingerprint density at radius 2 is 0.914 bits per heavy atom. The highest BCUT2D eigenvalue weighted by atomic mass is 16.3. The lowest BCUT2D eigenvalue weighted by Crippen LogP contribution is -2.26. The van der Waals surface area contributed by atoms with Gasteiger partial charge in [-0.15, -0.1) is 0 Å². The van der Waals surface area contributed by atoms with Crippen molar-refractivity contribution in [2.45, 2.75) is 23.7 Å². The summed E-state index contributed by atoms with van der Waals surface area (Å²) in [6, 6.07) is 16.6. The monoisotopic (exact) mass is 470 g/mol. The number of phenolic OH excluding ortho intramolecular Hbond substituents is 7. The molecule has 35 heavy (non-hydrogen) atoms. The van der Waals surface area contributed by atoms with Gasteiger partial charge in [-0.25, -0.2) is 0 Å². The number of phenols is 7. The van der Waals surface area contributed by atoms with Crippen LogP contribution in [0.25, 0.3) is 0 Å².